The van der Waals surface area contributed by atoms with Crippen molar-refractivity contribution in [2.45, 2.75) is 186 Å². The molecule has 0 aliphatic carbocycles. The number of carboxylic acids is 1. The number of carboxylic acid groups (broad SMARTS) is 1. The Labute approximate surface area is 225 Å². The van der Waals surface area contributed by atoms with Gasteiger partial charge in [-0.25, -0.2) is 4.79 Å². The first-order chi connectivity index (χ1) is 17.7. The average molecular weight is 513 g/mol. The fraction of sp³-hybridized carbons (Fsp3) is 0.969. The quantitative estimate of drug-likeness (QED) is 0.0907. The number of aliphatic hydroxyl groups is 1. The fourth-order valence-corrected chi connectivity index (χ4v) is 5.01. The molecule has 0 saturated carbocycles. The molecule has 36 heavy (non-hydrogen) atoms. The lowest BCUT2D eigenvalue weighted by atomic mass is 10.0. The second kappa shape index (κ2) is 30.6. The molecule has 0 radical (unpaired) electrons. The van der Waals surface area contributed by atoms with E-state index >= 15 is 0 Å². The van der Waals surface area contributed by atoms with Crippen LogP contribution >= 0.6 is 0 Å². The van der Waals surface area contributed by atoms with E-state index in [2.05, 4.69) is 6.92 Å². The van der Waals surface area contributed by atoms with Gasteiger partial charge in [0, 0.05) is 13.2 Å². The van der Waals surface area contributed by atoms with Gasteiger partial charge in [-0.05, 0) is 19.3 Å². The molecule has 2 N–H and O–H groups in total. The van der Waals surface area contributed by atoms with E-state index in [0.717, 1.165) is 32.1 Å². The third-order valence-corrected chi connectivity index (χ3v) is 7.47. The van der Waals surface area contributed by atoms with E-state index in [1.54, 1.807) is 0 Å². The highest BCUT2D eigenvalue weighted by atomic mass is 16.5. The molecule has 0 aromatic rings. The van der Waals surface area contributed by atoms with Crippen LogP contribution < -0.4 is 0 Å². The van der Waals surface area contributed by atoms with Gasteiger partial charge in [-0.2, -0.15) is 0 Å². The molecule has 1 unspecified atom stereocenters. The number of carbonyl (C=O) groups is 1. The lowest BCUT2D eigenvalue weighted by molar-refractivity contribution is -0.151. The maximum Gasteiger partial charge on any atom is 0.332 e. The van der Waals surface area contributed by atoms with Crippen molar-refractivity contribution in [1.29, 1.82) is 0 Å². The summed E-state index contributed by atoms with van der Waals surface area (Å²) in [5.41, 5.74) is 0. The number of aliphatic carboxylic acids is 1. The molecule has 0 aliphatic rings. The zero-order valence-corrected chi connectivity index (χ0v) is 24.3. The molecule has 0 rings (SSSR count). The number of hydrogen-bond acceptors (Lipinski definition) is 3. The summed E-state index contributed by atoms with van der Waals surface area (Å²) in [7, 11) is 0. The molecule has 0 aromatic carbocycles. The van der Waals surface area contributed by atoms with Crippen LogP contribution in [-0.4, -0.2) is 35.5 Å². The van der Waals surface area contributed by atoms with Gasteiger partial charge in [0.1, 0.15) is 0 Å². The Morgan fingerprint density at radius 2 is 0.861 bits per heavy atom. The number of unbranched alkanes of at least 4 members (excludes halogenated alkanes) is 24. The van der Waals surface area contributed by atoms with Crippen molar-refractivity contribution in [2.75, 3.05) is 13.2 Å². The summed E-state index contributed by atoms with van der Waals surface area (Å²) < 4.78 is 5.71. The fourth-order valence-electron chi connectivity index (χ4n) is 5.01. The van der Waals surface area contributed by atoms with Gasteiger partial charge in [-0.1, -0.05) is 161 Å². The zero-order chi connectivity index (χ0) is 26.4. The van der Waals surface area contributed by atoms with Crippen LogP contribution in [0.4, 0.5) is 0 Å². The van der Waals surface area contributed by atoms with Crippen LogP contribution in [0, 0.1) is 0 Å². The molecule has 0 heterocycles. The maximum absolute atomic E-state index is 11.5. The Hall–Kier alpha value is -0.610. The van der Waals surface area contributed by atoms with Crippen LogP contribution in [-0.2, 0) is 9.53 Å². The lowest BCUT2D eigenvalue weighted by Gasteiger charge is -2.13. The van der Waals surface area contributed by atoms with Crippen molar-refractivity contribution >= 4 is 5.97 Å². The summed E-state index contributed by atoms with van der Waals surface area (Å²) in [6.45, 7) is 3.20. The van der Waals surface area contributed by atoms with Crippen molar-refractivity contribution in [3.63, 3.8) is 0 Å². The molecule has 0 spiro atoms. The van der Waals surface area contributed by atoms with Crippen LogP contribution in [0.25, 0.3) is 0 Å². The van der Waals surface area contributed by atoms with Crippen molar-refractivity contribution < 1.29 is 19.7 Å². The molecule has 0 saturated heterocycles. The summed E-state index contributed by atoms with van der Waals surface area (Å²) in [5, 5.41) is 18.2. The predicted octanol–water partition coefficient (Wildman–Crippen LogP) is 10.0. The normalized spacial score (nSPS) is 12.3. The maximum atomic E-state index is 11.5. The van der Waals surface area contributed by atoms with E-state index in [-0.39, 0.29) is 0 Å². The van der Waals surface area contributed by atoms with Crippen LogP contribution in [0.2, 0.25) is 0 Å². The van der Waals surface area contributed by atoms with Crippen molar-refractivity contribution in [3.05, 3.63) is 0 Å². The first kappa shape index (κ1) is 35.4. The van der Waals surface area contributed by atoms with Gasteiger partial charge >= 0.3 is 5.97 Å². The second-order valence-electron chi connectivity index (χ2n) is 11.0. The van der Waals surface area contributed by atoms with E-state index in [4.69, 9.17) is 9.84 Å². The first-order valence-corrected chi connectivity index (χ1v) is 16.2. The Morgan fingerprint density at radius 1 is 0.528 bits per heavy atom. The number of aliphatic hydroxyl groups excluding tert-OH is 1. The topological polar surface area (TPSA) is 66.8 Å². The zero-order valence-electron chi connectivity index (χ0n) is 24.3. The minimum atomic E-state index is -0.789. The highest BCUT2D eigenvalue weighted by molar-refractivity contribution is 5.72. The van der Waals surface area contributed by atoms with Gasteiger partial charge in [-0.3, -0.25) is 0 Å². The van der Waals surface area contributed by atoms with Gasteiger partial charge in [0.2, 0.25) is 0 Å². The lowest BCUT2D eigenvalue weighted by Crippen LogP contribution is -2.24. The highest BCUT2D eigenvalue weighted by Gasteiger charge is 2.17. The van der Waals surface area contributed by atoms with Crippen LogP contribution in [0.5, 0.6) is 0 Å². The van der Waals surface area contributed by atoms with Gasteiger partial charge in [0.05, 0.1) is 0 Å². The Balaban J connectivity index is 3.38. The summed E-state index contributed by atoms with van der Waals surface area (Å²) in [6, 6.07) is 0. The van der Waals surface area contributed by atoms with Gasteiger partial charge < -0.3 is 14.9 Å². The Kier molecular flexibility index (Phi) is 30.1. The van der Waals surface area contributed by atoms with Crippen molar-refractivity contribution in [1.82, 2.24) is 0 Å². The third-order valence-electron chi connectivity index (χ3n) is 7.47. The summed E-state index contributed by atoms with van der Waals surface area (Å²) in [4.78, 5) is 11.5. The monoisotopic (exact) mass is 512 g/mol. The average Bonchev–Trinajstić information content (AvgIpc) is 2.87. The molecule has 0 aliphatic heterocycles. The first-order valence-electron chi connectivity index (χ1n) is 16.2. The smallest absolute Gasteiger partial charge is 0.332 e. The van der Waals surface area contributed by atoms with E-state index in [1.165, 1.54) is 135 Å². The highest BCUT2D eigenvalue weighted by Crippen LogP contribution is 2.15. The molecule has 0 fully saturated rings. The summed E-state index contributed by atoms with van der Waals surface area (Å²) >= 11 is 0. The third kappa shape index (κ3) is 28.0. The van der Waals surface area contributed by atoms with E-state index < -0.39 is 12.1 Å². The van der Waals surface area contributed by atoms with Gasteiger partial charge in [0.25, 0.3) is 0 Å². The van der Waals surface area contributed by atoms with E-state index in [0.29, 0.717) is 19.6 Å². The number of ether oxygens (including phenoxy) is 1. The Morgan fingerprint density at radius 3 is 1.22 bits per heavy atom. The molecule has 0 aromatic heterocycles. The summed E-state index contributed by atoms with van der Waals surface area (Å²) in [5.74, 6) is -0.789. The minimum absolute atomic E-state index is 0.343. The van der Waals surface area contributed by atoms with E-state index in [9.17, 15) is 9.90 Å². The largest absolute Gasteiger partial charge is 0.479 e. The molecular weight excluding hydrogens is 448 g/mol. The molecule has 1 atom stereocenters. The number of rotatable bonds is 31. The van der Waals surface area contributed by atoms with E-state index in [1.807, 2.05) is 0 Å². The molecule has 4 heteroatoms. The number of hydrogen-bond donors (Lipinski definition) is 2. The molecule has 216 valence electrons. The SMILES string of the molecule is CCCCCCCCCCCCCCC(OCCCCCCCCCCCCCCCCO)C(=O)O. The molecular formula is C32H64O4. The molecule has 0 amide bonds. The molecule has 0 bridgehead atoms. The van der Waals surface area contributed by atoms with Crippen molar-refractivity contribution in [3.8, 4) is 0 Å². The van der Waals surface area contributed by atoms with Gasteiger partial charge in [-0.15, -0.1) is 0 Å². The van der Waals surface area contributed by atoms with Crippen LogP contribution in [0.15, 0.2) is 0 Å². The minimum Gasteiger partial charge on any atom is -0.479 e. The van der Waals surface area contributed by atoms with Gasteiger partial charge in [0.15, 0.2) is 6.10 Å². The standard InChI is InChI=1S/C32H64O4/c1-2-3-4-5-6-7-8-13-16-19-22-25-28-31(32(34)35)36-30-27-24-21-18-15-12-10-9-11-14-17-20-23-26-29-33/h31,33H,2-30H2,1H3,(H,34,35). The molecule has 4 nitrogen and oxygen atoms in total. The Bertz CT molecular complexity index is 426. The predicted molar refractivity (Wildman–Crippen MR) is 155 cm³/mol. The van der Waals surface area contributed by atoms with Crippen molar-refractivity contribution in [2.24, 2.45) is 0 Å². The summed E-state index contributed by atoms with van der Waals surface area (Å²) in [6.07, 6.45) is 33.2. The van der Waals surface area contributed by atoms with Crippen LogP contribution in [0.1, 0.15) is 180 Å². The second-order valence-corrected chi connectivity index (χ2v) is 11.0. The van der Waals surface area contributed by atoms with Crippen LogP contribution in [0.3, 0.4) is 0 Å².